The Balaban J connectivity index is 1.60. The SMILES string of the molecule is O=C(CCN1C(=O)SC(=Cc2ccc(Cl)cc2)C1=O)Nc1cccc(C(=O)O)c1. The number of carboxylic acid groups (broad SMARTS) is 1. The molecule has 0 unspecified atom stereocenters. The number of amides is 3. The predicted molar refractivity (Wildman–Crippen MR) is 111 cm³/mol. The molecule has 2 aromatic rings. The fraction of sp³-hybridized carbons (Fsp3) is 0.100. The fourth-order valence-electron chi connectivity index (χ4n) is 2.57. The Kier molecular flexibility index (Phi) is 6.36. The van der Waals surface area contributed by atoms with Crippen molar-refractivity contribution in [1.82, 2.24) is 4.90 Å². The number of hydrogen-bond acceptors (Lipinski definition) is 5. The van der Waals surface area contributed by atoms with Crippen molar-refractivity contribution in [2.75, 3.05) is 11.9 Å². The molecule has 0 radical (unpaired) electrons. The number of carboxylic acids is 1. The molecule has 9 heteroatoms. The summed E-state index contributed by atoms with van der Waals surface area (Å²) < 4.78 is 0. The number of nitrogens with zero attached hydrogens (tertiary/aromatic N) is 1. The molecule has 0 atom stereocenters. The van der Waals surface area contributed by atoms with E-state index < -0.39 is 23.0 Å². The zero-order valence-electron chi connectivity index (χ0n) is 14.9. The summed E-state index contributed by atoms with van der Waals surface area (Å²) >= 11 is 6.64. The topological polar surface area (TPSA) is 104 Å². The normalized spacial score (nSPS) is 15.1. The molecule has 0 aromatic heterocycles. The molecule has 0 spiro atoms. The number of halogens is 1. The van der Waals surface area contributed by atoms with Crippen LogP contribution in [0, 0.1) is 0 Å². The maximum absolute atomic E-state index is 12.5. The quantitative estimate of drug-likeness (QED) is 0.668. The number of anilines is 1. The molecule has 0 saturated carbocycles. The summed E-state index contributed by atoms with van der Waals surface area (Å²) in [6, 6.07) is 12.6. The van der Waals surface area contributed by atoms with Crippen molar-refractivity contribution in [1.29, 1.82) is 0 Å². The van der Waals surface area contributed by atoms with Crippen LogP contribution in [0.25, 0.3) is 6.08 Å². The molecule has 2 N–H and O–H groups in total. The van der Waals surface area contributed by atoms with Gasteiger partial charge >= 0.3 is 5.97 Å². The number of imide groups is 1. The minimum absolute atomic E-state index is 0.0427. The lowest BCUT2D eigenvalue weighted by atomic mass is 10.2. The van der Waals surface area contributed by atoms with Crippen molar-refractivity contribution in [2.24, 2.45) is 0 Å². The first-order valence-electron chi connectivity index (χ1n) is 8.47. The fourth-order valence-corrected chi connectivity index (χ4v) is 3.56. The van der Waals surface area contributed by atoms with Crippen LogP contribution in [-0.4, -0.2) is 39.6 Å². The van der Waals surface area contributed by atoms with E-state index in [4.69, 9.17) is 16.7 Å². The molecule has 1 saturated heterocycles. The van der Waals surface area contributed by atoms with Crippen LogP contribution in [0.4, 0.5) is 10.5 Å². The van der Waals surface area contributed by atoms with E-state index in [1.807, 2.05) is 0 Å². The second kappa shape index (κ2) is 8.93. The number of carbonyl (C=O) groups excluding carboxylic acids is 3. The van der Waals surface area contributed by atoms with E-state index in [0.29, 0.717) is 10.7 Å². The summed E-state index contributed by atoms with van der Waals surface area (Å²) in [5.41, 5.74) is 1.10. The van der Waals surface area contributed by atoms with Gasteiger partial charge in [0.05, 0.1) is 10.5 Å². The Morgan fingerprint density at radius 1 is 1.14 bits per heavy atom. The van der Waals surface area contributed by atoms with Gasteiger partial charge in [0, 0.05) is 23.7 Å². The van der Waals surface area contributed by atoms with E-state index in [-0.39, 0.29) is 23.4 Å². The van der Waals surface area contributed by atoms with Crippen molar-refractivity contribution >= 4 is 58.1 Å². The van der Waals surface area contributed by atoms with Crippen molar-refractivity contribution < 1.29 is 24.3 Å². The van der Waals surface area contributed by atoms with Gasteiger partial charge in [0.2, 0.25) is 5.91 Å². The lowest BCUT2D eigenvalue weighted by Crippen LogP contribution is -2.31. The summed E-state index contributed by atoms with van der Waals surface area (Å²) in [5, 5.41) is 11.7. The second-order valence-corrected chi connectivity index (χ2v) is 7.50. The van der Waals surface area contributed by atoms with Crippen molar-refractivity contribution in [3.8, 4) is 0 Å². The first kappa shape index (κ1) is 20.6. The smallest absolute Gasteiger partial charge is 0.335 e. The second-order valence-electron chi connectivity index (χ2n) is 6.07. The van der Waals surface area contributed by atoms with Gasteiger partial charge < -0.3 is 10.4 Å². The Labute approximate surface area is 175 Å². The lowest BCUT2D eigenvalue weighted by molar-refractivity contribution is -0.123. The molecule has 2 aromatic carbocycles. The molecule has 7 nitrogen and oxygen atoms in total. The molecule has 0 aliphatic carbocycles. The Hall–Kier alpha value is -3.10. The number of hydrogen-bond donors (Lipinski definition) is 2. The first-order chi connectivity index (χ1) is 13.8. The van der Waals surface area contributed by atoms with Crippen LogP contribution in [0.15, 0.2) is 53.4 Å². The standard InChI is InChI=1S/C20H15ClN2O5S/c21-14-6-4-12(5-7-14)10-16-18(25)23(20(28)29-16)9-8-17(24)22-15-3-1-2-13(11-15)19(26)27/h1-7,10-11H,8-9H2,(H,22,24)(H,26,27). The van der Waals surface area contributed by atoms with Crippen LogP contribution in [0.2, 0.25) is 5.02 Å². The van der Waals surface area contributed by atoms with Crippen LogP contribution in [0.1, 0.15) is 22.3 Å². The van der Waals surface area contributed by atoms with E-state index in [0.717, 1.165) is 22.2 Å². The molecular weight excluding hydrogens is 416 g/mol. The van der Waals surface area contributed by atoms with Crippen LogP contribution < -0.4 is 5.32 Å². The average molecular weight is 431 g/mol. The number of thioether (sulfide) groups is 1. The Morgan fingerprint density at radius 2 is 1.86 bits per heavy atom. The van der Waals surface area contributed by atoms with Crippen LogP contribution in [0.5, 0.6) is 0 Å². The van der Waals surface area contributed by atoms with Crippen LogP contribution in [0.3, 0.4) is 0 Å². The molecule has 3 amide bonds. The van der Waals surface area contributed by atoms with Crippen LogP contribution >= 0.6 is 23.4 Å². The highest BCUT2D eigenvalue weighted by atomic mass is 35.5. The molecule has 1 heterocycles. The van der Waals surface area contributed by atoms with Gasteiger partial charge in [0.25, 0.3) is 11.1 Å². The van der Waals surface area contributed by atoms with Gasteiger partial charge in [-0.25, -0.2) is 4.79 Å². The summed E-state index contributed by atoms with van der Waals surface area (Å²) in [4.78, 5) is 49.0. The number of benzene rings is 2. The summed E-state index contributed by atoms with van der Waals surface area (Å²) in [6.45, 7) is -0.0763. The summed E-state index contributed by atoms with van der Waals surface area (Å²) in [6.07, 6.45) is 1.49. The largest absolute Gasteiger partial charge is 0.478 e. The van der Waals surface area contributed by atoms with E-state index in [1.54, 1.807) is 36.4 Å². The number of carbonyl (C=O) groups is 4. The van der Waals surface area contributed by atoms with Gasteiger partial charge in [-0.05, 0) is 53.7 Å². The van der Waals surface area contributed by atoms with E-state index >= 15 is 0 Å². The zero-order chi connectivity index (χ0) is 21.0. The Bertz CT molecular complexity index is 1020. The van der Waals surface area contributed by atoms with Gasteiger partial charge in [-0.2, -0.15) is 0 Å². The third-order valence-corrected chi connectivity index (χ3v) is 5.16. The average Bonchev–Trinajstić information content (AvgIpc) is 2.95. The van der Waals surface area contributed by atoms with Gasteiger partial charge in [0.1, 0.15) is 0 Å². The first-order valence-corrected chi connectivity index (χ1v) is 9.67. The molecular formula is C20H15ClN2O5S. The van der Waals surface area contributed by atoms with Crippen molar-refractivity contribution in [3.05, 3.63) is 69.6 Å². The molecule has 1 aliphatic rings. The molecule has 1 fully saturated rings. The number of aromatic carboxylic acids is 1. The highest BCUT2D eigenvalue weighted by Crippen LogP contribution is 2.32. The summed E-state index contributed by atoms with van der Waals surface area (Å²) in [7, 11) is 0. The molecule has 148 valence electrons. The number of rotatable bonds is 6. The highest BCUT2D eigenvalue weighted by Gasteiger charge is 2.35. The maximum Gasteiger partial charge on any atom is 0.335 e. The van der Waals surface area contributed by atoms with E-state index in [1.165, 1.54) is 18.2 Å². The predicted octanol–water partition coefficient (Wildman–Crippen LogP) is 4.10. The van der Waals surface area contributed by atoms with Crippen molar-refractivity contribution in [3.63, 3.8) is 0 Å². The minimum Gasteiger partial charge on any atom is -0.478 e. The molecule has 3 rings (SSSR count). The zero-order valence-corrected chi connectivity index (χ0v) is 16.5. The van der Waals surface area contributed by atoms with Gasteiger partial charge in [0.15, 0.2) is 0 Å². The monoisotopic (exact) mass is 430 g/mol. The third kappa shape index (κ3) is 5.24. The molecule has 29 heavy (non-hydrogen) atoms. The van der Waals surface area contributed by atoms with E-state index in [9.17, 15) is 19.2 Å². The van der Waals surface area contributed by atoms with Crippen LogP contribution in [-0.2, 0) is 9.59 Å². The summed E-state index contributed by atoms with van der Waals surface area (Å²) in [5.74, 6) is -2.00. The van der Waals surface area contributed by atoms with Gasteiger partial charge in [-0.15, -0.1) is 0 Å². The minimum atomic E-state index is -1.11. The lowest BCUT2D eigenvalue weighted by Gasteiger charge is -2.12. The number of nitrogens with one attached hydrogen (secondary N) is 1. The Morgan fingerprint density at radius 3 is 2.55 bits per heavy atom. The third-order valence-electron chi connectivity index (χ3n) is 4.00. The molecule has 0 bridgehead atoms. The van der Waals surface area contributed by atoms with Gasteiger partial charge in [-0.1, -0.05) is 29.8 Å². The molecule has 1 aliphatic heterocycles. The highest BCUT2D eigenvalue weighted by molar-refractivity contribution is 8.18. The van der Waals surface area contributed by atoms with Crippen molar-refractivity contribution in [2.45, 2.75) is 6.42 Å². The van der Waals surface area contributed by atoms with E-state index in [2.05, 4.69) is 5.32 Å². The van der Waals surface area contributed by atoms with Gasteiger partial charge in [-0.3, -0.25) is 19.3 Å². The maximum atomic E-state index is 12.5.